The largest absolute Gasteiger partial charge is 0.385 e. The van der Waals surface area contributed by atoms with Gasteiger partial charge >= 0.3 is 0 Å². The zero-order valence-electron chi connectivity index (χ0n) is 13.9. The average molecular weight is 345 g/mol. The van der Waals surface area contributed by atoms with Gasteiger partial charge in [-0.3, -0.25) is 4.90 Å². The predicted octanol–water partition coefficient (Wildman–Crippen LogP) is 3.22. The molecule has 0 aliphatic carbocycles. The number of morpholine rings is 1. The van der Waals surface area contributed by atoms with Crippen LogP contribution in [0.2, 0.25) is 0 Å². The summed E-state index contributed by atoms with van der Waals surface area (Å²) in [4.78, 5) is 2.32. The summed E-state index contributed by atoms with van der Waals surface area (Å²) >= 11 is 0. The molecule has 2 fully saturated rings. The molecule has 2 aromatic carbocycles. The van der Waals surface area contributed by atoms with Crippen LogP contribution in [0.3, 0.4) is 0 Å². The quantitative estimate of drug-likeness (QED) is 0.927. The highest BCUT2D eigenvalue weighted by Crippen LogP contribution is 2.42. The molecule has 0 radical (unpaired) electrons. The lowest BCUT2D eigenvalue weighted by molar-refractivity contribution is -0.150. The van der Waals surface area contributed by atoms with Gasteiger partial charge in [-0.1, -0.05) is 30.3 Å². The molecular formula is C20H21F2NO2. The summed E-state index contributed by atoms with van der Waals surface area (Å²) in [5.41, 5.74) is -0.107. The van der Waals surface area contributed by atoms with Crippen molar-refractivity contribution in [1.29, 1.82) is 0 Å². The van der Waals surface area contributed by atoms with Gasteiger partial charge in [0.05, 0.1) is 18.8 Å². The second-order valence-electron chi connectivity index (χ2n) is 7.07. The average Bonchev–Trinajstić information content (AvgIpc) is 2.59. The van der Waals surface area contributed by atoms with E-state index in [1.807, 2.05) is 18.2 Å². The van der Waals surface area contributed by atoms with Gasteiger partial charge in [-0.15, -0.1) is 0 Å². The second-order valence-corrected chi connectivity index (χ2v) is 7.07. The Balaban J connectivity index is 1.61. The first-order valence-electron chi connectivity index (χ1n) is 8.60. The van der Waals surface area contributed by atoms with E-state index >= 15 is 0 Å². The molecule has 0 amide bonds. The summed E-state index contributed by atoms with van der Waals surface area (Å²) < 4.78 is 33.5. The maximum Gasteiger partial charge on any atom is 0.129 e. The van der Waals surface area contributed by atoms with Gasteiger partial charge in [0, 0.05) is 24.2 Å². The van der Waals surface area contributed by atoms with Crippen LogP contribution in [0.5, 0.6) is 0 Å². The van der Waals surface area contributed by atoms with Crippen LogP contribution in [-0.2, 0) is 16.9 Å². The van der Waals surface area contributed by atoms with Crippen LogP contribution in [0.25, 0.3) is 0 Å². The van der Waals surface area contributed by atoms with E-state index in [-0.39, 0.29) is 17.6 Å². The Labute approximate surface area is 145 Å². The zero-order chi connectivity index (χ0) is 17.4. The molecule has 2 unspecified atom stereocenters. The summed E-state index contributed by atoms with van der Waals surface area (Å²) in [6.45, 7) is 1.74. The van der Waals surface area contributed by atoms with E-state index in [4.69, 9.17) is 4.74 Å². The number of hydrogen-bond donors (Lipinski definition) is 1. The number of piperidine rings is 1. The van der Waals surface area contributed by atoms with Gasteiger partial charge in [-0.2, -0.15) is 0 Å². The third-order valence-electron chi connectivity index (χ3n) is 5.34. The fourth-order valence-corrected chi connectivity index (χ4v) is 4.17. The van der Waals surface area contributed by atoms with Gasteiger partial charge < -0.3 is 9.84 Å². The maximum atomic E-state index is 14.2. The summed E-state index contributed by atoms with van der Waals surface area (Å²) in [7, 11) is 0. The van der Waals surface area contributed by atoms with E-state index in [1.165, 1.54) is 5.56 Å². The molecule has 25 heavy (non-hydrogen) atoms. The van der Waals surface area contributed by atoms with Gasteiger partial charge in [0.2, 0.25) is 0 Å². The van der Waals surface area contributed by atoms with Crippen LogP contribution < -0.4 is 0 Å². The van der Waals surface area contributed by atoms with Gasteiger partial charge in [0.25, 0.3) is 0 Å². The van der Waals surface area contributed by atoms with Crippen molar-refractivity contribution in [1.82, 2.24) is 4.90 Å². The van der Waals surface area contributed by atoms with E-state index in [0.717, 1.165) is 24.7 Å². The highest BCUT2D eigenvalue weighted by molar-refractivity contribution is 5.27. The van der Waals surface area contributed by atoms with Crippen LogP contribution >= 0.6 is 0 Å². The zero-order valence-corrected chi connectivity index (χ0v) is 13.9. The van der Waals surface area contributed by atoms with E-state index in [0.29, 0.717) is 26.1 Å². The molecule has 132 valence electrons. The van der Waals surface area contributed by atoms with Crippen molar-refractivity contribution in [2.75, 3.05) is 13.2 Å². The molecule has 2 atom stereocenters. The Kier molecular flexibility index (Phi) is 4.31. The summed E-state index contributed by atoms with van der Waals surface area (Å²) in [5, 5.41) is 11.1. The van der Waals surface area contributed by atoms with Crippen molar-refractivity contribution in [3.8, 4) is 0 Å². The van der Waals surface area contributed by atoms with Gasteiger partial charge in [-0.25, -0.2) is 8.78 Å². The minimum absolute atomic E-state index is 0.0274. The van der Waals surface area contributed by atoms with E-state index in [9.17, 15) is 13.9 Å². The Morgan fingerprint density at radius 2 is 1.72 bits per heavy atom. The first kappa shape index (κ1) is 16.6. The molecule has 2 bridgehead atoms. The number of nitrogens with zero attached hydrogens (tertiary/aromatic N) is 1. The Hall–Kier alpha value is -1.82. The first-order chi connectivity index (χ1) is 12.0. The summed E-state index contributed by atoms with van der Waals surface area (Å²) in [6.07, 6.45) is 0.660. The van der Waals surface area contributed by atoms with E-state index in [1.54, 1.807) is 0 Å². The predicted molar refractivity (Wildman–Crippen MR) is 89.9 cm³/mol. The molecule has 0 aromatic heterocycles. The minimum Gasteiger partial charge on any atom is -0.385 e. The van der Waals surface area contributed by atoms with E-state index in [2.05, 4.69) is 17.0 Å². The molecule has 2 aliphatic heterocycles. The molecule has 1 N–H and O–H groups in total. The molecule has 2 heterocycles. The third kappa shape index (κ3) is 3.19. The molecule has 5 heteroatoms. The number of rotatable bonds is 3. The van der Waals surface area contributed by atoms with Crippen molar-refractivity contribution in [2.24, 2.45) is 0 Å². The van der Waals surface area contributed by atoms with E-state index < -0.39 is 17.2 Å². The lowest BCUT2D eigenvalue weighted by atomic mass is 9.76. The maximum absolute atomic E-state index is 14.2. The SMILES string of the molecule is OC1(c2cc(F)ccc2F)CC2COCC(C1)N2Cc1ccccc1. The summed E-state index contributed by atoms with van der Waals surface area (Å²) in [6, 6.07) is 13.4. The van der Waals surface area contributed by atoms with Crippen LogP contribution in [-0.4, -0.2) is 35.3 Å². The smallest absolute Gasteiger partial charge is 0.129 e. The summed E-state index contributed by atoms with van der Waals surface area (Å²) in [5.74, 6) is -1.09. The van der Waals surface area contributed by atoms with Gasteiger partial charge in [0.1, 0.15) is 11.6 Å². The lowest BCUT2D eigenvalue weighted by Crippen LogP contribution is -2.60. The highest BCUT2D eigenvalue weighted by Gasteiger charge is 2.47. The molecule has 2 saturated heterocycles. The molecule has 0 saturated carbocycles. The number of fused-ring (bicyclic) bond motifs is 2. The van der Waals surface area contributed by atoms with Crippen LogP contribution in [0.1, 0.15) is 24.0 Å². The van der Waals surface area contributed by atoms with Crippen LogP contribution in [0.4, 0.5) is 8.78 Å². The molecule has 4 rings (SSSR count). The number of ether oxygens (including phenoxy) is 1. The molecular weight excluding hydrogens is 324 g/mol. The normalized spacial score (nSPS) is 29.6. The van der Waals surface area contributed by atoms with Crippen LogP contribution in [0, 0.1) is 11.6 Å². The van der Waals surface area contributed by atoms with Crippen molar-refractivity contribution in [3.05, 3.63) is 71.3 Å². The number of halogens is 2. The van der Waals surface area contributed by atoms with Crippen molar-refractivity contribution >= 4 is 0 Å². The number of hydrogen-bond acceptors (Lipinski definition) is 3. The minimum atomic E-state index is -1.36. The Morgan fingerprint density at radius 1 is 1.04 bits per heavy atom. The highest BCUT2D eigenvalue weighted by atomic mass is 19.1. The van der Waals surface area contributed by atoms with Crippen molar-refractivity contribution in [2.45, 2.75) is 37.1 Å². The van der Waals surface area contributed by atoms with Crippen molar-refractivity contribution < 1.29 is 18.6 Å². The van der Waals surface area contributed by atoms with Crippen molar-refractivity contribution in [3.63, 3.8) is 0 Å². The third-order valence-corrected chi connectivity index (χ3v) is 5.34. The van der Waals surface area contributed by atoms with Crippen LogP contribution in [0.15, 0.2) is 48.5 Å². The Bertz CT molecular complexity index is 739. The molecule has 2 aliphatic rings. The fraction of sp³-hybridized carbons (Fsp3) is 0.400. The lowest BCUT2D eigenvalue weighted by Gasteiger charge is -2.51. The fourth-order valence-electron chi connectivity index (χ4n) is 4.17. The monoisotopic (exact) mass is 345 g/mol. The first-order valence-corrected chi connectivity index (χ1v) is 8.60. The molecule has 3 nitrogen and oxygen atoms in total. The Morgan fingerprint density at radius 3 is 2.40 bits per heavy atom. The van der Waals surface area contributed by atoms with Gasteiger partial charge in [0.15, 0.2) is 0 Å². The second kappa shape index (κ2) is 6.48. The number of benzene rings is 2. The standard InChI is InChI=1S/C20H21F2NO2/c21-15-6-7-19(22)18(8-15)20(24)9-16-12-25-13-17(10-20)23(16)11-14-4-2-1-3-5-14/h1-8,16-17,24H,9-13H2. The van der Waals surface area contributed by atoms with Gasteiger partial charge in [-0.05, 0) is 36.6 Å². The topological polar surface area (TPSA) is 32.7 Å². The molecule has 2 aromatic rings. The number of aliphatic hydroxyl groups is 1. The molecule has 0 spiro atoms.